The van der Waals surface area contributed by atoms with Crippen molar-refractivity contribution in [2.24, 2.45) is 0 Å². The van der Waals surface area contributed by atoms with E-state index < -0.39 is 6.10 Å². The molecule has 0 aliphatic heterocycles. The van der Waals surface area contributed by atoms with E-state index in [1.807, 2.05) is 6.92 Å². The summed E-state index contributed by atoms with van der Waals surface area (Å²) >= 11 is 5.39. The lowest BCUT2D eigenvalue weighted by molar-refractivity contribution is 0.0952. The van der Waals surface area contributed by atoms with E-state index in [2.05, 4.69) is 5.32 Å². The molecule has 0 aromatic rings. The quantitative estimate of drug-likeness (QED) is 0.560. The van der Waals surface area contributed by atoms with E-state index in [0.29, 0.717) is 13.1 Å². The molecule has 0 fully saturated rings. The van der Waals surface area contributed by atoms with Gasteiger partial charge in [0, 0.05) is 18.6 Å². The number of aliphatic hydroxyl groups is 2. The fraction of sp³-hybridized carbons (Fsp3) is 0.714. The fourth-order valence-corrected chi connectivity index (χ4v) is 0.616. The lowest BCUT2D eigenvalue weighted by atomic mass is 10.3. The van der Waals surface area contributed by atoms with Gasteiger partial charge in [-0.1, -0.05) is 11.6 Å². The van der Waals surface area contributed by atoms with Crippen LogP contribution in [0.4, 0.5) is 0 Å². The van der Waals surface area contributed by atoms with Crippen molar-refractivity contribution in [2.45, 2.75) is 13.0 Å². The smallest absolute Gasteiger partial charge is 0.0895 e. The van der Waals surface area contributed by atoms with Gasteiger partial charge in [-0.2, -0.15) is 0 Å². The number of nitrogens with one attached hydrogen (secondary N) is 1. The van der Waals surface area contributed by atoms with E-state index in [4.69, 9.17) is 21.8 Å². The van der Waals surface area contributed by atoms with E-state index in [1.165, 1.54) is 5.54 Å². The van der Waals surface area contributed by atoms with Gasteiger partial charge < -0.3 is 15.5 Å². The molecule has 0 aromatic heterocycles. The molecule has 0 saturated carbocycles. The Morgan fingerprint density at radius 3 is 2.82 bits per heavy atom. The third-order valence-electron chi connectivity index (χ3n) is 1.18. The Labute approximate surface area is 71.7 Å². The Morgan fingerprint density at radius 2 is 2.36 bits per heavy atom. The first-order chi connectivity index (χ1) is 5.20. The van der Waals surface area contributed by atoms with Gasteiger partial charge in [0.2, 0.25) is 0 Å². The Hall–Kier alpha value is -0.0900. The van der Waals surface area contributed by atoms with E-state index in [1.54, 1.807) is 0 Å². The van der Waals surface area contributed by atoms with Crippen LogP contribution in [-0.2, 0) is 0 Å². The van der Waals surface area contributed by atoms with Crippen molar-refractivity contribution in [3.63, 3.8) is 0 Å². The van der Waals surface area contributed by atoms with Crippen LogP contribution in [-0.4, -0.2) is 36.0 Å². The molecule has 0 spiro atoms. The topological polar surface area (TPSA) is 52.5 Å². The summed E-state index contributed by atoms with van der Waals surface area (Å²) < 4.78 is 0. The van der Waals surface area contributed by atoms with Gasteiger partial charge in [0.05, 0.1) is 12.7 Å². The third kappa shape index (κ3) is 6.31. The minimum Gasteiger partial charge on any atom is -0.394 e. The maximum absolute atomic E-state index is 8.88. The largest absolute Gasteiger partial charge is 0.394 e. The van der Waals surface area contributed by atoms with Crippen LogP contribution in [0.2, 0.25) is 0 Å². The zero-order valence-electron chi connectivity index (χ0n) is 6.55. The second-order valence-electron chi connectivity index (χ2n) is 2.42. The van der Waals surface area contributed by atoms with Crippen LogP contribution < -0.4 is 5.32 Å². The predicted octanol–water partition coefficient (Wildman–Crippen LogP) is 0.0718. The highest BCUT2D eigenvalue weighted by molar-refractivity contribution is 6.25. The van der Waals surface area contributed by atoms with Crippen LogP contribution in [0.5, 0.6) is 0 Å². The first-order valence-electron chi connectivity index (χ1n) is 3.46. The number of hydrogen-bond acceptors (Lipinski definition) is 3. The van der Waals surface area contributed by atoms with Crippen molar-refractivity contribution in [1.82, 2.24) is 5.32 Å². The van der Waals surface area contributed by atoms with Crippen molar-refractivity contribution in [3.05, 3.63) is 11.1 Å². The molecule has 0 amide bonds. The number of rotatable bonds is 5. The molecule has 66 valence electrons. The van der Waals surface area contributed by atoms with Crippen LogP contribution in [0, 0.1) is 0 Å². The second-order valence-corrected chi connectivity index (χ2v) is 2.64. The Morgan fingerprint density at radius 1 is 1.73 bits per heavy atom. The van der Waals surface area contributed by atoms with Crippen LogP contribution in [0.1, 0.15) is 6.92 Å². The SMILES string of the molecule is CC(=CCl)CNCC(O)CO. The fourth-order valence-electron chi connectivity index (χ4n) is 0.539. The third-order valence-corrected chi connectivity index (χ3v) is 1.55. The molecular formula is C7H14ClNO2. The molecule has 0 bridgehead atoms. The lowest BCUT2D eigenvalue weighted by Gasteiger charge is -2.07. The summed E-state index contributed by atoms with van der Waals surface area (Å²) in [7, 11) is 0. The first-order valence-corrected chi connectivity index (χ1v) is 3.89. The highest BCUT2D eigenvalue weighted by atomic mass is 35.5. The van der Waals surface area contributed by atoms with Gasteiger partial charge in [-0.05, 0) is 12.5 Å². The van der Waals surface area contributed by atoms with E-state index in [9.17, 15) is 0 Å². The summed E-state index contributed by atoms with van der Waals surface area (Å²) in [6.07, 6.45) is -0.682. The van der Waals surface area contributed by atoms with Crippen LogP contribution in [0.3, 0.4) is 0 Å². The Bertz CT molecular complexity index is 128. The Kier molecular flexibility index (Phi) is 6.56. The molecule has 0 aromatic carbocycles. The van der Waals surface area contributed by atoms with Gasteiger partial charge in [0.25, 0.3) is 0 Å². The average Bonchev–Trinajstić information content (AvgIpc) is 2.04. The van der Waals surface area contributed by atoms with Crippen LogP contribution in [0.15, 0.2) is 11.1 Å². The summed E-state index contributed by atoms with van der Waals surface area (Å²) in [5.74, 6) is 0. The maximum atomic E-state index is 8.88. The lowest BCUT2D eigenvalue weighted by Crippen LogP contribution is -2.30. The van der Waals surface area contributed by atoms with Gasteiger partial charge in [-0.25, -0.2) is 0 Å². The van der Waals surface area contributed by atoms with E-state index in [0.717, 1.165) is 5.57 Å². The van der Waals surface area contributed by atoms with Crippen molar-refractivity contribution in [2.75, 3.05) is 19.7 Å². The molecule has 1 atom stereocenters. The molecule has 0 aliphatic rings. The molecule has 0 radical (unpaired) electrons. The average molecular weight is 180 g/mol. The number of aliphatic hydroxyl groups excluding tert-OH is 2. The molecule has 0 rings (SSSR count). The molecular weight excluding hydrogens is 166 g/mol. The number of halogens is 1. The highest BCUT2D eigenvalue weighted by Gasteiger charge is 1.99. The highest BCUT2D eigenvalue weighted by Crippen LogP contribution is 1.91. The van der Waals surface area contributed by atoms with Crippen molar-refractivity contribution >= 4 is 11.6 Å². The molecule has 0 heterocycles. The van der Waals surface area contributed by atoms with E-state index >= 15 is 0 Å². The minimum absolute atomic E-state index is 0.212. The normalized spacial score (nSPS) is 15.1. The summed E-state index contributed by atoms with van der Waals surface area (Å²) in [6, 6.07) is 0. The van der Waals surface area contributed by atoms with Crippen LogP contribution >= 0.6 is 11.6 Å². The summed E-state index contributed by atoms with van der Waals surface area (Å²) in [4.78, 5) is 0. The summed E-state index contributed by atoms with van der Waals surface area (Å²) in [6.45, 7) is 2.70. The first kappa shape index (κ1) is 10.9. The standard InChI is InChI=1S/C7H14ClNO2/c1-6(2-8)3-9-4-7(11)5-10/h2,7,9-11H,3-5H2,1H3. The zero-order chi connectivity index (χ0) is 8.69. The predicted molar refractivity (Wildman–Crippen MR) is 45.6 cm³/mol. The molecule has 0 saturated heterocycles. The monoisotopic (exact) mass is 179 g/mol. The van der Waals surface area contributed by atoms with Gasteiger partial charge in [-0.15, -0.1) is 0 Å². The molecule has 3 nitrogen and oxygen atoms in total. The Balaban J connectivity index is 3.27. The van der Waals surface area contributed by atoms with Gasteiger partial charge in [0.15, 0.2) is 0 Å². The van der Waals surface area contributed by atoms with Gasteiger partial charge in [-0.3, -0.25) is 0 Å². The second kappa shape index (κ2) is 6.61. The minimum atomic E-state index is -0.682. The molecule has 11 heavy (non-hydrogen) atoms. The molecule has 1 unspecified atom stereocenters. The van der Waals surface area contributed by atoms with Gasteiger partial charge >= 0.3 is 0 Å². The molecule has 3 N–H and O–H groups in total. The zero-order valence-corrected chi connectivity index (χ0v) is 7.30. The van der Waals surface area contributed by atoms with E-state index in [-0.39, 0.29) is 6.61 Å². The summed E-state index contributed by atoms with van der Waals surface area (Å²) in [5.41, 5.74) is 2.48. The maximum Gasteiger partial charge on any atom is 0.0895 e. The van der Waals surface area contributed by atoms with Crippen LogP contribution in [0.25, 0.3) is 0 Å². The summed E-state index contributed by atoms with van der Waals surface area (Å²) in [5, 5.41) is 20.2. The van der Waals surface area contributed by atoms with Gasteiger partial charge in [0.1, 0.15) is 0 Å². The van der Waals surface area contributed by atoms with Crippen molar-refractivity contribution < 1.29 is 10.2 Å². The molecule has 0 aliphatic carbocycles. The van der Waals surface area contributed by atoms with Crippen molar-refractivity contribution in [1.29, 1.82) is 0 Å². The number of hydrogen-bond donors (Lipinski definition) is 3. The van der Waals surface area contributed by atoms with Crippen molar-refractivity contribution in [3.8, 4) is 0 Å². The molecule has 4 heteroatoms.